The summed E-state index contributed by atoms with van der Waals surface area (Å²) in [6.45, 7) is 4.20. The summed E-state index contributed by atoms with van der Waals surface area (Å²) in [5, 5.41) is 33.7. The van der Waals surface area contributed by atoms with Crippen molar-refractivity contribution >= 4 is 5.91 Å². The first-order chi connectivity index (χ1) is 32.6. The van der Waals surface area contributed by atoms with Crippen LogP contribution in [0.25, 0.3) is 0 Å². The van der Waals surface area contributed by atoms with Crippen LogP contribution < -0.4 is 5.32 Å². The third kappa shape index (κ3) is 50.7. The number of amides is 1. The van der Waals surface area contributed by atoms with Crippen molar-refractivity contribution in [3.63, 3.8) is 0 Å². The Morgan fingerprint density at radius 3 is 0.879 bits per heavy atom. The molecule has 0 aliphatic heterocycles. The van der Waals surface area contributed by atoms with Crippen LogP contribution in [0.4, 0.5) is 0 Å². The van der Waals surface area contributed by atoms with Gasteiger partial charge in [0.05, 0.1) is 18.8 Å². The summed E-state index contributed by atoms with van der Waals surface area (Å²) < 4.78 is 0. The van der Waals surface area contributed by atoms with Gasteiger partial charge in [-0.15, -0.1) is 0 Å². The second-order valence-corrected chi connectivity index (χ2v) is 20.9. The molecule has 5 heteroatoms. The highest BCUT2D eigenvalue weighted by Gasteiger charge is 2.26. The fraction of sp³-hybridized carbons (Fsp3) is 0.918. The van der Waals surface area contributed by atoms with Crippen molar-refractivity contribution in [1.82, 2.24) is 5.32 Å². The van der Waals surface area contributed by atoms with Gasteiger partial charge in [-0.1, -0.05) is 289 Å². The molecule has 0 aromatic rings. The molecule has 0 aromatic heterocycles. The quantitative estimate of drug-likeness (QED) is 0.0361. The number of aliphatic hydroxyl groups excluding tert-OH is 3. The van der Waals surface area contributed by atoms with E-state index in [1.54, 1.807) is 0 Å². The van der Waals surface area contributed by atoms with Crippen molar-refractivity contribution in [2.75, 3.05) is 6.61 Å². The number of nitrogens with one attached hydrogen (secondary N) is 1. The van der Waals surface area contributed by atoms with E-state index in [0.717, 1.165) is 38.5 Å². The molecular formula is C61H119NO4. The van der Waals surface area contributed by atoms with Gasteiger partial charge in [-0.05, 0) is 64.2 Å². The molecular weight excluding hydrogens is 811 g/mol. The molecule has 0 saturated carbocycles. The predicted molar refractivity (Wildman–Crippen MR) is 292 cm³/mol. The van der Waals surface area contributed by atoms with Gasteiger partial charge in [0.25, 0.3) is 0 Å². The average molecular weight is 931 g/mol. The van der Waals surface area contributed by atoms with Crippen molar-refractivity contribution in [3.05, 3.63) is 24.3 Å². The second kappa shape index (κ2) is 56.4. The number of carbonyl (C=O) groups excluding carboxylic acids is 1. The fourth-order valence-electron chi connectivity index (χ4n) is 9.63. The number of carbonyl (C=O) groups is 1. The molecule has 3 atom stereocenters. The summed E-state index contributed by atoms with van der Waals surface area (Å²) in [6, 6.07) is -0.824. The Kier molecular flexibility index (Phi) is 55.4. The van der Waals surface area contributed by atoms with Crippen molar-refractivity contribution in [3.8, 4) is 0 Å². The van der Waals surface area contributed by atoms with Crippen molar-refractivity contribution in [1.29, 1.82) is 0 Å². The summed E-state index contributed by atoms with van der Waals surface area (Å²) in [5.74, 6) is -0.149. The van der Waals surface area contributed by atoms with Gasteiger partial charge < -0.3 is 20.6 Å². The molecule has 0 aromatic carbocycles. The topological polar surface area (TPSA) is 89.8 Å². The smallest absolute Gasteiger partial charge is 0.220 e. The summed E-state index contributed by atoms with van der Waals surface area (Å²) >= 11 is 0. The van der Waals surface area contributed by atoms with Crippen LogP contribution in [-0.2, 0) is 4.79 Å². The van der Waals surface area contributed by atoms with Gasteiger partial charge in [0.2, 0.25) is 5.91 Å². The highest BCUT2D eigenvalue weighted by molar-refractivity contribution is 5.76. The van der Waals surface area contributed by atoms with Crippen LogP contribution >= 0.6 is 0 Å². The van der Waals surface area contributed by atoms with E-state index in [0.29, 0.717) is 12.8 Å². The van der Waals surface area contributed by atoms with Gasteiger partial charge in [0, 0.05) is 6.42 Å². The van der Waals surface area contributed by atoms with Crippen molar-refractivity contribution in [2.24, 2.45) is 0 Å². The molecule has 0 rings (SSSR count). The molecule has 3 unspecified atom stereocenters. The summed E-state index contributed by atoms with van der Waals surface area (Å²) in [5.41, 5.74) is 0. The Hall–Kier alpha value is -1.17. The van der Waals surface area contributed by atoms with Gasteiger partial charge in [-0.25, -0.2) is 0 Å². The maximum atomic E-state index is 12.5. The molecule has 0 spiro atoms. The maximum absolute atomic E-state index is 12.5. The lowest BCUT2D eigenvalue weighted by molar-refractivity contribution is -0.124. The largest absolute Gasteiger partial charge is 0.394 e. The molecule has 0 aliphatic rings. The Morgan fingerprint density at radius 2 is 0.606 bits per heavy atom. The maximum Gasteiger partial charge on any atom is 0.220 e. The Balaban J connectivity index is 3.45. The minimum Gasteiger partial charge on any atom is -0.394 e. The minimum absolute atomic E-state index is 0.149. The normalized spacial score (nSPS) is 13.3. The Morgan fingerprint density at radius 1 is 0.364 bits per heavy atom. The first-order valence-electron chi connectivity index (χ1n) is 30.1. The second-order valence-electron chi connectivity index (χ2n) is 20.9. The van der Waals surface area contributed by atoms with Gasteiger partial charge in [-0.3, -0.25) is 4.79 Å². The number of allylic oxidation sites excluding steroid dienone is 4. The molecule has 1 amide bonds. The number of hydrogen-bond donors (Lipinski definition) is 4. The zero-order chi connectivity index (χ0) is 47.9. The monoisotopic (exact) mass is 930 g/mol. The van der Waals surface area contributed by atoms with Crippen molar-refractivity contribution < 1.29 is 20.1 Å². The van der Waals surface area contributed by atoms with Gasteiger partial charge >= 0.3 is 0 Å². The standard InChI is InChI=1S/C61H119NO4/c1-3-5-7-9-11-13-15-17-19-20-21-22-23-24-25-26-27-28-29-30-31-32-33-34-35-36-37-38-39-40-42-44-46-48-50-52-54-56-60(65)62-58(57-63)61(66)59(64)55-53-51-49-47-45-43-41-18-16-14-12-10-8-6-4-2/h28-29,47,49,58-59,61,63-64,66H,3-27,30-46,48,50-57H2,1-2H3,(H,62,65)/b29-28-,49-47+. The molecule has 0 aliphatic carbocycles. The molecule has 0 bridgehead atoms. The fourth-order valence-corrected chi connectivity index (χ4v) is 9.63. The van der Waals surface area contributed by atoms with Crippen molar-refractivity contribution in [2.45, 2.75) is 353 Å². The van der Waals surface area contributed by atoms with E-state index in [4.69, 9.17) is 0 Å². The lowest BCUT2D eigenvalue weighted by atomic mass is 10.0. The minimum atomic E-state index is -1.16. The Bertz CT molecular complexity index is 982. The van der Waals surface area contributed by atoms with Gasteiger partial charge in [-0.2, -0.15) is 0 Å². The first-order valence-corrected chi connectivity index (χ1v) is 30.1. The number of unbranched alkanes of at least 4 members (excludes halogenated alkanes) is 44. The number of hydrogen-bond acceptors (Lipinski definition) is 4. The highest BCUT2D eigenvalue weighted by atomic mass is 16.3. The lowest BCUT2D eigenvalue weighted by Gasteiger charge is -2.26. The summed E-state index contributed by atoms with van der Waals surface area (Å²) in [4.78, 5) is 12.5. The third-order valence-electron chi connectivity index (χ3n) is 14.3. The predicted octanol–water partition coefficient (Wildman–Crippen LogP) is 18.8. The van der Waals surface area contributed by atoms with E-state index >= 15 is 0 Å². The molecule has 66 heavy (non-hydrogen) atoms. The van der Waals surface area contributed by atoms with Crippen LogP contribution in [0.1, 0.15) is 335 Å². The highest BCUT2D eigenvalue weighted by Crippen LogP contribution is 2.18. The summed E-state index contributed by atoms with van der Waals surface area (Å²) in [7, 11) is 0. The van der Waals surface area contributed by atoms with E-state index in [1.165, 1.54) is 270 Å². The average Bonchev–Trinajstić information content (AvgIpc) is 3.32. The lowest BCUT2D eigenvalue weighted by Crippen LogP contribution is -2.50. The van der Waals surface area contributed by atoms with E-state index in [9.17, 15) is 20.1 Å². The number of rotatable bonds is 56. The molecule has 0 heterocycles. The van der Waals surface area contributed by atoms with E-state index in [-0.39, 0.29) is 12.5 Å². The zero-order valence-electron chi connectivity index (χ0n) is 44.9. The molecule has 5 nitrogen and oxygen atoms in total. The third-order valence-corrected chi connectivity index (χ3v) is 14.3. The van der Waals surface area contributed by atoms with Crippen LogP contribution in [0.5, 0.6) is 0 Å². The zero-order valence-corrected chi connectivity index (χ0v) is 44.9. The molecule has 0 fully saturated rings. The van der Waals surface area contributed by atoms with E-state index < -0.39 is 18.2 Å². The van der Waals surface area contributed by atoms with Crippen LogP contribution in [0, 0.1) is 0 Å². The molecule has 4 N–H and O–H groups in total. The number of aliphatic hydroxyl groups is 3. The Labute approximate surface area is 413 Å². The summed E-state index contributed by atoms with van der Waals surface area (Å²) in [6.07, 6.45) is 72.3. The van der Waals surface area contributed by atoms with Crippen LogP contribution in [0.3, 0.4) is 0 Å². The van der Waals surface area contributed by atoms with Crippen LogP contribution in [0.15, 0.2) is 24.3 Å². The van der Waals surface area contributed by atoms with E-state index in [2.05, 4.69) is 43.5 Å². The van der Waals surface area contributed by atoms with Gasteiger partial charge in [0.1, 0.15) is 6.10 Å². The molecule has 0 radical (unpaired) electrons. The van der Waals surface area contributed by atoms with Crippen LogP contribution in [0.2, 0.25) is 0 Å². The SMILES string of the molecule is CCCCCCCCCCCC/C=C/CCCC(O)C(O)C(CO)NC(=O)CCCCCCCCCCCCCCCCCCC/C=C\CCCCCCCCCCCCCCCCCC. The molecule has 392 valence electrons. The van der Waals surface area contributed by atoms with Crippen LogP contribution in [-0.4, -0.2) is 46.1 Å². The van der Waals surface area contributed by atoms with Gasteiger partial charge in [0.15, 0.2) is 0 Å². The van der Waals surface area contributed by atoms with E-state index in [1.807, 2.05) is 0 Å². The molecule has 0 saturated heterocycles. The first kappa shape index (κ1) is 64.8.